The van der Waals surface area contributed by atoms with Crippen LogP contribution < -0.4 is 16.7 Å². The summed E-state index contributed by atoms with van der Waals surface area (Å²) in [5.41, 5.74) is 1.90. The minimum Gasteiger partial charge on any atom is -0.324 e. The molecule has 4 aromatic rings. The Morgan fingerprint density at radius 1 is 1.00 bits per heavy atom. The molecule has 1 fully saturated rings. The molecule has 1 aliphatic rings. The molecule has 5 rings (SSSR count). The van der Waals surface area contributed by atoms with Crippen LogP contribution in [0.2, 0.25) is 15.1 Å². The van der Waals surface area contributed by atoms with Crippen LogP contribution in [0.5, 0.6) is 0 Å². The predicted octanol–water partition coefficient (Wildman–Crippen LogP) is 6.05. The largest absolute Gasteiger partial charge is 0.359 e. The molecule has 3 heterocycles. The van der Waals surface area contributed by atoms with Gasteiger partial charge in [0.15, 0.2) is 0 Å². The average Bonchev–Trinajstić information content (AvgIpc) is 3.34. The molecule has 1 saturated heterocycles. The summed E-state index contributed by atoms with van der Waals surface area (Å²) in [7, 11) is -2.37. The molecule has 0 radical (unpaired) electrons. The molecule has 2 aromatic carbocycles. The fourth-order valence-electron chi connectivity index (χ4n) is 4.45. The molecule has 9 nitrogen and oxygen atoms in total. The molecule has 208 valence electrons. The van der Waals surface area contributed by atoms with Crippen molar-refractivity contribution in [2.45, 2.75) is 33.2 Å². The normalized spacial score (nSPS) is 14.3. The van der Waals surface area contributed by atoms with Gasteiger partial charge in [-0.2, -0.15) is 9.35 Å². The summed E-state index contributed by atoms with van der Waals surface area (Å²) in [5, 5.41) is 3.70. The van der Waals surface area contributed by atoms with Crippen molar-refractivity contribution in [2.24, 2.45) is 4.36 Å². The summed E-state index contributed by atoms with van der Waals surface area (Å²) in [4.78, 5) is 35.3. The summed E-state index contributed by atoms with van der Waals surface area (Å²) >= 11 is 19.4. The van der Waals surface area contributed by atoms with E-state index in [0.29, 0.717) is 33.6 Å². The highest BCUT2D eigenvalue weighted by molar-refractivity contribution is 7.93. The number of halogens is 3. The molecule has 40 heavy (non-hydrogen) atoms. The second kappa shape index (κ2) is 11.4. The van der Waals surface area contributed by atoms with Crippen LogP contribution >= 0.6 is 34.8 Å². The number of aryl methyl sites for hydroxylation is 2. The standard InChI is InChI=1S/C27H25Cl3N6O3S/c1-16-11-20(14-31-13-16)36-26(37)33-25(35(27(36)38)15-18-12-19(28)6-5-17(18)2)32-21-7-8-22(24(30)23(21)29)34-40(39)9-3-4-10-40/h5-8,11-14H,3-4,9-10,15H2,1-2H3,(H,32,33,37). The van der Waals surface area contributed by atoms with Crippen LogP contribution in [0.25, 0.3) is 5.69 Å². The van der Waals surface area contributed by atoms with Crippen molar-refractivity contribution in [1.29, 1.82) is 0 Å². The maximum absolute atomic E-state index is 13.8. The van der Waals surface area contributed by atoms with Gasteiger partial charge in [-0.1, -0.05) is 40.9 Å². The van der Waals surface area contributed by atoms with Crippen molar-refractivity contribution in [3.63, 3.8) is 0 Å². The summed E-state index contributed by atoms with van der Waals surface area (Å²) < 4.78 is 19.6. The molecule has 0 saturated carbocycles. The van der Waals surface area contributed by atoms with Gasteiger partial charge in [0.05, 0.1) is 49.6 Å². The summed E-state index contributed by atoms with van der Waals surface area (Å²) in [6.45, 7) is 3.76. The smallest absolute Gasteiger partial charge is 0.324 e. The second-order valence-corrected chi connectivity index (χ2v) is 13.3. The van der Waals surface area contributed by atoms with E-state index < -0.39 is 21.1 Å². The molecule has 1 aliphatic heterocycles. The quantitative estimate of drug-likeness (QED) is 0.281. The zero-order valence-electron chi connectivity index (χ0n) is 21.7. The number of nitrogens with one attached hydrogen (secondary N) is 1. The second-order valence-electron chi connectivity index (χ2n) is 9.58. The maximum atomic E-state index is 13.8. The van der Waals surface area contributed by atoms with Crippen LogP contribution in [0.4, 0.5) is 17.3 Å². The SMILES string of the molecule is Cc1cncc(-n2c(=O)nc(Nc3ccc(N=S4(=O)CCCC4)c(Cl)c3Cl)n(Cc3cc(Cl)ccc3C)c2=O)c1. The fraction of sp³-hybridized carbons (Fsp3) is 0.259. The van der Waals surface area contributed by atoms with Gasteiger partial charge in [0.1, 0.15) is 0 Å². The Hall–Kier alpha value is -3.18. The van der Waals surface area contributed by atoms with Gasteiger partial charge in [0, 0.05) is 22.7 Å². The first-order valence-corrected chi connectivity index (χ1v) is 15.4. The number of aromatic nitrogens is 4. The topological polar surface area (TPSA) is 111 Å². The zero-order chi connectivity index (χ0) is 28.6. The Labute approximate surface area is 246 Å². The highest BCUT2D eigenvalue weighted by Gasteiger charge is 2.21. The number of nitrogens with zero attached hydrogens (tertiary/aromatic N) is 5. The van der Waals surface area contributed by atoms with Crippen molar-refractivity contribution < 1.29 is 4.21 Å². The van der Waals surface area contributed by atoms with E-state index in [1.165, 1.54) is 10.8 Å². The predicted molar refractivity (Wildman–Crippen MR) is 161 cm³/mol. The van der Waals surface area contributed by atoms with Crippen LogP contribution in [-0.2, 0) is 16.3 Å². The molecule has 0 spiro atoms. The summed E-state index contributed by atoms with van der Waals surface area (Å²) in [5.74, 6) is 0.996. The minimum atomic E-state index is -2.37. The number of anilines is 2. The van der Waals surface area contributed by atoms with Crippen molar-refractivity contribution >= 4 is 61.9 Å². The van der Waals surface area contributed by atoms with Crippen molar-refractivity contribution in [3.05, 3.63) is 102 Å². The number of hydrogen-bond acceptors (Lipinski definition) is 7. The van der Waals surface area contributed by atoms with Gasteiger partial charge in [-0.05, 0) is 73.7 Å². The lowest BCUT2D eigenvalue weighted by molar-refractivity contribution is 0.655. The van der Waals surface area contributed by atoms with Crippen LogP contribution in [0, 0.1) is 13.8 Å². The summed E-state index contributed by atoms with van der Waals surface area (Å²) in [6, 6.07) is 10.2. The van der Waals surface area contributed by atoms with Gasteiger partial charge < -0.3 is 5.32 Å². The molecule has 13 heteroatoms. The number of rotatable bonds is 6. The van der Waals surface area contributed by atoms with Gasteiger partial charge in [-0.25, -0.2) is 18.4 Å². The lowest BCUT2D eigenvalue weighted by Gasteiger charge is -2.18. The van der Waals surface area contributed by atoms with Crippen LogP contribution in [0.3, 0.4) is 0 Å². The molecule has 0 atom stereocenters. The Morgan fingerprint density at radius 3 is 2.48 bits per heavy atom. The third kappa shape index (κ3) is 5.81. The number of hydrogen-bond donors (Lipinski definition) is 1. The lowest BCUT2D eigenvalue weighted by Crippen LogP contribution is -2.42. The Bertz CT molecular complexity index is 1870. The molecular weight excluding hydrogens is 595 g/mol. The van der Waals surface area contributed by atoms with E-state index >= 15 is 0 Å². The first kappa shape index (κ1) is 28.4. The molecule has 0 aliphatic carbocycles. The summed E-state index contributed by atoms with van der Waals surface area (Å²) in [6.07, 6.45) is 4.75. The highest BCUT2D eigenvalue weighted by atomic mass is 35.5. The third-order valence-corrected chi connectivity index (χ3v) is 10.1. The van der Waals surface area contributed by atoms with Gasteiger partial charge >= 0.3 is 11.4 Å². The van der Waals surface area contributed by atoms with Crippen molar-refractivity contribution in [1.82, 2.24) is 19.1 Å². The minimum absolute atomic E-state index is 0.0457. The van der Waals surface area contributed by atoms with Crippen molar-refractivity contribution in [3.8, 4) is 5.69 Å². The Morgan fingerprint density at radius 2 is 1.75 bits per heavy atom. The molecule has 0 bridgehead atoms. The van der Waals surface area contributed by atoms with E-state index in [2.05, 4.69) is 19.6 Å². The number of pyridine rings is 1. The van der Waals surface area contributed by atoms with Gasteiger partial charge in [-0.15, -0.1) is 0 Å². The van der Waals surface area contributed by atoms with Crippen LogP contribution in [0.1, 0.15) is 29.5 Å². The molecule has 0 unspecified atom stereocenters. The Kier molecular flexibility index (Phi) is 8.05. The van der Waals surface area contributed by atoms with Crippen LogP contribution in [-0.4, -0.2) is 34.8 Å². The number of benzene rings is 2. The van der Waals surface area contributed by atoms with E-state index in [-0.39, 0.29) is 22.5 Å². The molecular formula is C27H25Cl3N6O3S. The van der Waals surface area contributed by atoms with Crippen molar-refractivity contribution in [2.75, 3.05) is 16.8 Å². The fourth-order valence-corrected chi connectivity index (χ4v) is 7.32. The first-order valence-electron chi connectivity index (χ1n) is 12.4. The molecule has 0 amide bonds. The van der Waals surface area contributed by atoms with Gasteiger partial charge in [-0.3, -0.25) is 9.55 Å². The average molecular weight is 620 g/mol. The highest BCUT2D eigenvalue weighted by Crippen LogP contribution is 2.39. The molecule has 2 aromatic heterocycles. The van der Waals surface area contributed by atoms with E-state index in [1.807, 2.05) is 19.9 Å². The monoisotopic (exact) mass is 618 g/mol. The molecule has 1 N–H and O–H groups in total. The third-order valence-electron chi connectivity index (χ3n) is 6.58. The van der Waals surface area contributed by atoms with Crippen LogP contribution in [0.15, 0.2) is 62.7 Å². The van der Waals surface area contributed by atoms with E-state index in [9.17, 15) is 13.8 Å². The maximum Gasteiger partial charge on any atom is 0.359 e. The van der Waals surface area contributed by atoms with E-state index in [1.54, 1.807) is 36.5 Å². The zero-order valence-corrected chi connectivity index (χ0v) is 24.7. The van der Waals surface area contributed by atoms with E-state index in [4.69, 9.17) is 34.8 Å². The van der Waals surface area contributed by atoms with E-state index in [0.717, 1.165) is 34.1 Å². The first-order chi connectivity index (χ1) is 19.0. The van der Waals surface area contributed by atoms with Gasteiger partial charge in [0.2, 0.25) is 5.95 Å². The van der Waals surface area contributed by atoms with Gasteiger partial charge in [0.25, 0.3) is 0 Å². The lowest BCUT2D eigenvalue weighted by atomic mass is 10.1. The Balaban J connectivity index is 1.64.